The molecule has 0 atom stereocenters. The second-order valence-electron chi connectivity index (χ2n) is 14.7. The molecule has 272 valence electrons. The Morgan fingerprint density at radius 2 is 1.22 bits per heavy atom. The predicted molar refractivity (Wildman–Crippen MR) is 195 cm³/mol. The van der Waals surface area contributed by atoms with Crippen LogP contribution in [0.15, 0.2) is 48.5 Å². The molecule has 0 spiro atoms. The fourth-order valence-corrected chi connectivity index (χ4v) is 8.60. The second-order valence-corrected chi connectivity index (χ2v) is 14.7. The number of methoxy groups -OCH3 is 1. The highest BCUT2D eigenvalue weighted by Crippen LogP contribution is 2.59. The molecule has 1 heterocycles. The fourth-order valence-electron chi connectivity index (χ4n) is 8.60. The van der Waals surface area contributed by atoms with Gasteiger partial charge in [0.15, 0.2) is 0 Å². The maximum Gasteiger partial charge on any atom is 0.255 e. The predicted octanol–water partition coefficient (Wildman–Crippen LogP) is 5.34. The van der Waals surface area contributed by atoms with Gasteiger partial charge in [0.1, 0.15) is 0 Å². The summed E-state index contributed by atoms with van der Waals surface area (Å²) in [5, 5.41) is 3.06. The molecule has 1 N–H and O–H groups in total. The van der Waals surface area contributed by atoms with Crippen LogP contribution in [0.25, 0.3) is 0 Å². The molecule has 1 aliphatic heterocycles. The molecule has 0 aromatic heterocycles. The number of benzene rings is 2. The van der Waals surface area contributed by atoms with E-state index in [1.54, 1.807) is 7.11 Å². The standard InChI is InChI=1S/C41H57N3O6/c1-46-18-19-48-22-23-50-25-24-49-21-20-47-17-16-43-12-14-44(15-13-43)32-34-2-6-38(7-3-34)40(45)42-39-8-4-33(5-9-39)10-11-41-29-35-26-36(30-41)28-37(27-35)31-41/h2-9,35-37H,12-32H2,1H3,(H,42,45). The van der Waals surface area contributed by atoms with E-state index in [0.29, 0.717) is 65.0 Å². The largest absolute Gasteiger partial charge is 0.382 e. The molecule has 50 heavy (non-hydrogen) atoms. The number of hydrogen-bond acceptors (Lipinski definition) is 8. The third-order valence-corrected chi connectivity index (χ3v) is 10.8. The van der Waals surface area contributed by atoms with Crippen LogP contribution in [0, 0.1) is 35.0 Å². The van der Waals surface area contributed by atoms with Crippen LogP contribution in [-0.2, 0) is 30.2 Å². The van der Waals surface area contributed by atoms with E-state index in [2.05, 4.69) is 39.1 Å². The van der Waals surface area contributed by atoms with Crippen molar-refractivity contribution in [1.82, 2.24) is 9.80 Å². The number of rotatable bonds is 19. The molecule has 4 bridgehead atoms. The summed E-state index contributed by atoms with van der Waals surface area (Å²) in [6.45, 7) is 11.2. The number of piperazine rings is 1. The molecule has 9 nitrogen and oxygen atoms in total. The Kier molecular flexibility index (Phi) is 14.2. The molecule has 5 fully saturated rings. The minimum atomic E-state index is -0.0871. The van der Waals surface area contributed by atoms with Crippen molar-refractivity contribution in [3.63, 3.8) is 0 Å². The highest BCUT2D eigenvalue weighted by molar-refractivity contribution is 6.04. The smallest absolute Gasteiger partial charge is 0.255 e. The Morgan fingerprint density at radius 3 is 1.78 bits per heavy atom. The maximum absolute atomic E-state index is 13.0. The number of ether oxygens (including phenoxy) is 5. The average molecular weight is 688 g/mol. The first-order chi connectivity index (χ1) is 24.6. The fraction of sp³-hybridized carbons (Fsp3) is 0.634. The molecule has 9 heteroatoms. The highest BCUT2D eigenvalue weighted by Gasteiger charge is 2.50. The van der Waals surface area contributed by atoms with Crippen molar-refractivity contribution in [3.8, 4) is 11.8 Å². The van der Waals surface area contributed by atoms with Gasteiger partial charge >= 0.3 is 0 Å². The molecular formula is C41H57N3O6. The van der Waals surface area contributed by atoms with E-state index in [0.717, 1.165) is 68.3 Å². The summed E-state index contributed by atoms with van der Waals surface area (Å²) in [6.07, 6.45) is 8.23. The van der Waals surface area contributed by atoms with Crippen LogP contribution >= 0.6 is 0 Å². The SMILES string of the molecule is COCCOCCOCCOCCOCCN1CCN(Cc2ccc(C(=O)Nc3ccc(C#CC45CC6CC(CC(C6)C4)C5)cc3)cc2)CC1. The van der Waals surface area contributed by atoms with E-state index in [4.69, 9.17) is 23.7 Å². The molecule has 0 radical (unpaired) electrons. The third kappa shape index (κ3) is 11.3. The summed E-state index contributed by atoms with van der Waals surface area (Å²) < 4.78 is 27.1. The number of carbonyl (C=O) groups is 1. The molecule has 4 saturated carbocycles. The van der Waals surface area contributed by atoms with Crippen molar-refractivity contribution >= 4 is 11.6 Å². The zero-order valence-corrected chi connectivity index (χ0v) is 30.0. The van der Waals surface area contributed by atoms with Gasteiger partial charge in [-0.1, -0.05) is 24.0 Å². The van der Waals surface area contributed by atoms with Crippen LogP contribution in [-0.4, -0.2) is 115 Å². The Morgan fingerprint density at radius 1 is 0.700 bits per heavy atom. The van der Waals surface area contributed by atoms with E-state index in [9.17, 15) is 4.79 Å². The molecule has 5 aliphatic rings. The third-order valence-electron chi connectivity index (χ3n) is 10.8. The minimum Gasteiger partial charge on any atom is -0.382 e. The maximum atomic E-state index is 13.0. The summed E-state index contributed by atoms with van der Waals surface area (Å²) in [5.74, 6) is 9.87. The number of nitrogens with zero attached hydrogens (tertiary/aromatic N) is 2. The van der Waals surface area contributed by atoms with Gasteiger partial charge in [-0.05, 0) is 98.2 Å². The van der Waals surface area contributed by atoms with Crippen molar-refractivity contribution < 1.29 is 28.5 Å². The normalized spacial score (nSPS) is 24.6. The van der Waals surface area contributed by atoms with E-state index in [1.165, 1.54) is 44.1 Å². The summed E-state index contributed by atoms with van der Waals surface area (Å²) in [4.78, 5) is 17.9. The molecular weight excluding hydrogens is 630 g/mol. The molecule has 1 amide bonds. The monoisotopic (exact) mass is 687 g/mol. The van der Waals surface area contributed by atoms with Crippen LogP contribution < -0.4 is 5.32 Å². The van der Waals surface area contributed by atoms with Gasteiger partial charge in [0.25, 0.3) is 5.91 Å². The first kappa shape index (κ1) is 37.0. The van der Waals surface area contributed by atoms with Gasteiger partial charge in [0, 0.05) is 68.6 Å². The molecule has 2 aromatic rings. The quantitative estimate of drug-likeness (QED) is 0.157. The summed E-state index contributed by atoms with van der Waals surface area (Å²) in [6, 6.07) is 16.0. The number of nitrogens with one attached hydrogen (secondary N) is 1. The number of carbonyl (C=O) groups excluding carboxylic acids is 1. The summed E-state index contributed by atoms with van der Waals surface area (Å²) in [5.41, 5.74) is 3.98. The van der Waals surface area contributed by atoms with Crippen molar-refractivity contribution in [3.05, 3.63) is 65.2 Å². The van der Waals surface area contributed by atoms with Crippen LogP contribution in [0.1, 0.15) is 60.0 Å². The van der Waals surface area contributed by atoms with Gasteiger partial charge in [-0.2, -0.15) is 0 Å². The van der Waals surface area contributed by atoms with Gasteiger partial charge < -0.3 is 29.0 Å². The van der Waals surface area contributed by atoms with Crippen molar-refractivity contribution in [2.45, 2.75) is 45.1 Å². The van der Waals surface area contributed by atoms with Gasteiger partial charge in [0.2, 0.25) is 0 Å². The first-order valence-electron chi connectivity index (χ1n) is 18.8. The van der Waals surface area contributed by atoms with Crippen LogP contribution in [0.2, 0.25) is 0 Å². The zero-order valence-electron chi connectivity index (χ0n) is 30.0. The molecule has 4 aliphatic carbocycles. The van der Waals surface area contributed by atoms with Gasteiger partial charge in [-0.3, -0.25) is 14.6 Å². The summed E-state index contributed by atoms with van der Waals surface area (Å²) in [7, 11) is 1.66. The number of hydrogen-bond donors (Lipinski definition) is 1. The lowest BCUT2D eigenvalue weighted by Gasteiger charge is -2.54. The van der Waals surface area contributed by atoms with E-state index in [1.807, 2.05) is 36.4 Å². The summed E-state index contributed by atoms with van der Waals surface area (Å²) >= 11 is 0. The van der Waals surface area contributed by atoms with Crippen LogP contribution in [0.3, 0.4) is 0 Å². The Hall–Kier alpha value is -2.81. The zero-order chi connectivity index (χ0) is 34.4. The Bertz CT molecular complexity index is 1340. The highest BCUT2D eigenvalue weighted by atomic mass is 16.6. The number of amides is 1. The Labute approximate surface area is 299 Å². The number of anilines is 1. The van der Waals surface area contributed by atoms with Crippen LogP contribution in [0.5, 0.6) is 0 Å². The second kappa shape index (κ2) is 19.1. The van der Waals surface area contributed by atoms with Gasteiger partial charge in [0.05, 0.1) is 59.5 Å². The van der Waals surface area contributed by atoms with E-state index < -0.39 is 0 Å². The lowest BCUT2D eigenvalue weighted by atomic mass is 9.50. The van der Waals surface area contributed by atoms with E-state index >= 15 is 0 Å². The van der Waals surface area contributed by atoms with Crippen molar-refractivity contribution in [2.24, 2.45) is 23.2 Å². The van der Waals surface area contributed by atoms with Crippen LogP contribution in [0.4, 0.5) is 5.69 Å². The van der Waals surface area contributed by atoms with Gasteiger partial charge in [-0.25, -0.2) is 0 Å². The molecule has 1 saturated heterocycles. The van der Waals surface area contributed by atoms with Gasteiger partial charge in [-0.15, -0.1) is 0 Å². The molecule has 2 aromatic carbocycles. The van der Waals surface area contributed by atoms with Crippen molar-refractivity contribution in [2.75, 3.05) is 105 Å². The lowest BCUT2D eigenvalue weighted by molar-refractivity contribution is -0.0181. The van der Waals surface area contributed by atoms with Crippen molar-refractivity contribution in [1.29, 1.82) is 0 Å². The average Bonchev–Trinajstić information content (AvgIpc) is 3.12. The van der Waals surface area contributed by atoms with E-state index in [-0.39, 0.29) is 11.3 Å². The molecule has 7 rings (SSSR count). The lowest BCUT2D eigenvalue weighted by Crippen LogP contribution is -2.46. The minimum absolute atomic E-state index is 0.0871. The molecule has 0 unspecified atom stereocenters. The Balaban J connectivity index is 0.813. The topological polar surface area (TPSA) is 81.7 Å². The first-order valence-corrected chi connectivity index (χ1v) is 18.8.